The standard InChI is InChI=1S/C18H23N11O5S2/c1-34-25-10(12-21-4-2-9(20)22-12)13(30)23-11-14(31)28-6-18(16(32)33,7-35-15(11)28)8-36-17-24-26-27-29(17)5-3-19/h2,4,11,15H,3,5-8,19H2,1H3,(H,23,30)(H,32,33)(H2,20,21,22)/t11?,15-,18?/m1/s1. The van der Waals surface area contributed by atoms with E-state index in [1.54, 1.807) is 0 Å². The van der Waals surface area contributed by atoms with Crippen LogP contribution in [0.4, 0.5) is 5.82 Å². The first kappa shape index (κ1) is 25.6. The first-order chi connectivity index (χ1) is 17.3. The zero-order valence-electron chi connectivity index (χ0n) is 19.0. The summed E-state index contributed by atoms with van der Waals surface area (Å²) in [4.78, 5) is 52.2. The summed E-state index contributed by atoms with van der Waals surface area (Å²) in [7, 11) is 1.25. The highest BCUT2D eigenvalue weighted by Gasteiger charge is 2.57. The second-order valence-electron chi connectivity index (χ2n) is 7.89. The Kier molecular flexibility index (Phi) is 7.55. The van der Waals surface area contributed by atoms with Gasteiger partial charge in [-0.15, -0.1) is 16.9 Å². The molecule has 16 nitrogen and oxygen atoms in total. The number of carboxylic acids is 1. The van der Waals surface area contributed by atoms with Gasteiger partial charge in [0.1, 0.15) is 29.8 Å². The molecular formula is C18H23N11O5S2. The molecule has 2 aromatic heterocycles. The number of amides is 2. The van der Waals surface area contributed by atoms with E-state index in [-0.39, 0.29) is 35.4 Å². The average Bonchev–Trinajstić information content (AvgIpc) is 3.31. The molecule has 192 valence electrons. The first-order valence-electron chi connectivity index (χ1n) is 10.5. The van der Waals surface area contributed by atoms with Crippen LogP contribution < -0.4 is 16.8 Å². The molecule has 4 heterocycles. The predicted octanol–water partition coefficient (Wildman–Crippen LogP) is -2.38. The summed E-state index contributed by atoms with van der Waals surface area (Å²) in [5.74, 6) is -1.74. The van der Waals surface area contributed by atoms with E-state index in [1.165, 1.54) is 52.5 Å². The highest BCUT2D eigenvalue weighted by Crippen LogP contribution is 2.44. The minimum absolute atomic E-state index is 0.0198. The summed E-state index contributed by atoms with van der Waals surface area (Å²) in [5, 5.41) is 27.7. The lowest BCUT2D eigenvalue weighted by Crippen LogP contribution is -2.74. The third-order valence-corrected chi connectivity index (χ3v) is 8.32. The van der Waals surface area contributed by atoms with Gasteiger partial charge in [0.05, 0.1) is 6.54 Å². The summed E-state index contributed by atoms with van der Waals surface area (Å²) < 4.78 is 1.50. The number of carbonyl (C=O) groups excluding carboxylic acids is 2. The number of rotatable bonds is 10. The van der Waals surface area contributed by atoms with Crippen molar-refractivity contribution in [2.75, 3.05) is 37.4 Å². The fourth-order valence-electron chi connectivity index (χ4n) is 3.64. The Hall–Kier alpha value is -3.51. The molecule has 2 unspecified atom stereocenters. The summed E-state index contributed by atoms with van der Waals surface area (Å²) in [6.07, 6.45) is 1.36. The molecule has 3 atom stereocenters. The highest BCUT2D eigenvalue weighted by atomic mass is 32.2. The van der Waals surface area contributed by atoms with Crippen LogP contribution >= 0.6 is 23.5 Å². The Morgan fingerprint density at radius 2 is 2.28 bits per heavy atom. The number of nitrogens with two attached hydrogens (primary N) is 2. The third-order valence-electron chi connectivity index (χ3n) is 5.49. The number of nitrogen functional groups attached to an aromatic ring is 1. The van der Waals surface area contributed by atoms with Crippen LogP contribution in [0.15, 0.2) is 22.6 Å². The molecule has 0 bridgehead atoms. The van der Waals surface area contributed by atoms with Crippen molar-refractivity contribution >= 4 is 52.8 Å². The van der Waals surface area contributed by atoms with Crippen molar-refractivity contribution < 1.29 is 24.3 Å². The van der Waals surface area contributed by atoms with Crippen LogP contribution in [0.3, 0.4) is 0 Å². The van der Waals surface area contributed by atoms with Gasteiger partial charge < -0.3 is 31.6 Å². The van der Waals surface area contributed by atoms with E-state index < -0.39 is 34.6 Å². The molecule has 18 heteroatoms. The maximum atomic E-state index is 12.9. The average molecular weight is 538 g/mol. The number of carbonyl (C=O) groups is 3. The molecule has 2 aromatic rings. The smallest absolute Gasteiger partial charge is 0.313 e. The van der Waals surface area contributed by atoms with Crippen molar-refractivity contribution in [1.82, 2.24) is 40.4 Å². The Morgan fingerprint density at radius 3 is 2.97 bits per heavy atom. The topological polar surface area (TPSA) is 230 Å². The zero-order chi connectivity index (χ0) is 25.9. The van der Waals surface area contributed by atoms with E-state index in [4.69, 9.17) is 16.3 Å². The lowest BCUT2D eigenvalue weighted by Gasteiger charge is -2.53. The SMILES string of the molecule is CON=C(C(=O)NC1C(=O)N2CC(CSc3nnnn3CCN)(C(=O)O)CS[C@H]12)c1nccc(N)n1. The Bertz CT molecular complexity index is 1190. The lowest BCUT2D eigenvalue weighted by atomic mass is 9.89. The summed E-state index contributed by atoms with van der Waals surface area (Å²) in [6.45, 7) is 0.706. The normalized spacial score (nSPS) is 23.6. The second-order valence-corrected chi connectivity index (χ2v) is 9.94. The molecule has 0 spiro atoms. The lowest BCUT2D eigenvalue weighted by molar-refractivity contribution is -0.157. The van der Waals surface area contributed by atoms with Crippen molar-refractivity contribution in [1.29, 1.82) is 0 Å². The largest absolute Gasteiger partial charge is 0.481 e. The molecule has 2 saturated heterocycles. The molecule has 4 rings (SSSR count). The number of tetrazole rings is 1. The quantitative estimate of drug-likeness (QED) is 0.107. The third kappa shape index (κ3) is 4.91. The monoisotopic (exact) mass is 537 g/mol. The number of hydrogen-bond acceptors (Lipinski definition) is 14. The van der Waals surface area contributed by atoms with E-state index in [2.05, 4.69) is 36.0 Å². The minimum atomic E-state index is -1.23. The first-order valence-corrected chi connectivity index (χ1v) is 12.6. The molecule has 2 aliphatic rings. The van der Waals surface area contributed by atoms with Gasteiger partial charge >= 0.3 is 5.97 Å². The van der Waals surface area contributed by atoms with Gasteiger partial charge in [-0.1, -0.05) is 16.9 Å². The van der Waals surface area contributed by atoms with Crippen LogP contribution in [0.1, 0.15) is 5.82 Å². The fraction of sp³-hybridized carbons (Fsp3) is 0.500. The molecule has 2 amide bonds. The molecule has 0 aromatic carbocycles. The molecule has 2 aliphatic heterocycles. The van der Waals surface area contributed by atoms with E-state index in [9.17, 15) is 19.5 Å². The van der Waals surface area contributed by atoms with Crippen LogP contribution in [-0.4, -0.2) is 107 Å². The number of thioether (sulfide) groups is 2. The number of β-lactam (4-membered cyclic amide) rings is 1. The number of nitrogens with zero attached hydrogens (tertiary/aromatic N) is 8. The van der Waals surface area contributed by atoms with Crippen LogP contribution in [0.5, 0.6) is 0 Å². The van der Waals surface area contributed by atoms with Crippen molar-refractivity contribution in [2.24, 2.45) is 16.3 Å². The van der Waals surface area contributed by atoms with Crippen LogP contribution in [0, 0.1) is 5.41 Å². The fourth-order valence-corrected chi connectivity index (χ4v) is 6.41. The molecule has 0 saturated carbocycles. The van der Waals surface area contributed by atoms with Gasteiger partial charge in [-0.25, -0.2) is 14.6 Å². The van der Waals surface area contributed by atoms with E-state index in [1.807, 2.05) is 0 Å². The molecule has 36 heavy (non-hydrogen) atoms. The van der Waals surface area contributed by atoms with E-state index in [0.717, 1.165) is 0 Å². The number of hydrogen-bond donors (Lipinski definition) is 4. The molecule has 6 N–H and O–H groups in total. The van der Waals surface area contributed by atoms with Crippen LogP contribution in [0.2, 0.25) is 0 Å². The van der Waals surface area contributed by atoms with Gasteiger partial charge in [0.2, 0.25) is 16.8 Å². The molecule has 2 fully saturated rings. The summed E-state index contributed by atoms with van der Waals surface area (Å²) in [6, 6.07) is 0.575. The summed E-state index contributed by atoms with van der Waals surface area (Å²) >= 11 is 2.46. The number of aromatic nitrogens is 6. The van der Waals surface area contributed by atoms with Gasteiger partial charge in [0.15, 0.2) is 5.82 Å². The summed E-state index contributed by atoms with van der Waals surface area (Å²) in [5.41, 5.74) is 9.74. The van der Waals surface area contributed by atoms with Crippen LogP contribution in [0.25, 0.3) is 0 Å². The number of carboxylic acid groups (broad SMARTS) is 1. The Morgan fingerprint density at radius 1 is 1.47 bits per heavy atom. The van der Waals surface area contributed by atoms with Gasteiger partial charge in [0.25, 0.3) is 5.91 Å². The van der Waals surface area contributed by atoms with E-state index in [0.29, 0.717) is 18.2 Å². The second kappa shape index (κ2) is 10.6. The highest BCUT2D eigenvalue weighted by molar-refractivity contribution is 8.00. The van der Waals surface area contributed by atoms with Crippen molar-refractivity contribution in [3.05, 3.63) is 18.1 Å². The number of fused-ring (bicyclic) bond motifs is 1. The van der Waals surface area contributed by atoms with Gasteiger partial charge in [-0.05, 0) is 16.5 Å². The van der Waals surface area contributed by atoms with Gasteiger partial charge in [-0.2, -0.15) is 0 Å². The molecule has 0 aliphatic carbocycles. The predicted molar refractivity (Wildman–Crippen MR) is 128 cm³/mol. The van der Waals surface area contributed by atoms with Crippen LogP contribution in [-0.2, 0) is 25.8 Å². The van der Waals surface area contributed by atoms with Gasteiger partial charge in [0, 0.05) is 30.8 Å². The zero-order valence-corrected chi connectivity index (χ0v) is 20.6. The number of aliphatic carboxylic acids is 1. The van der Waals surface area contributed by atoms with Crippen molar-refractivity contribution in [3.63, 3.8) is 0 Å². The minimum Gasteiger partial charge on any atom is -0.481 e. The number of nitrogens with one attached hydrogen (secondary N) is 1. The Labute approximate surface area is 212 Å². The maximum Gasteiger partial charge on any atom is 0.313 e. The molecule has 0 radical (unpaired) electrons. The van der Waals surface area contributed by atoms with Crippen molar-refractivity contribution in [2.45, 2.75) is 23.1 Å². The van der Waals surface area contributed by atoms with Gasteiger partial charge in [-0.3, -0.25) is 14.4 Å². The maximum absolute atomic E-state index is 12.9. The number of anilines is 1. The van der Waals surface area contributed by atoms with E-state index >= 15 is 0 Å². The Balaban J connectivity index is 1.43. The molecular weight excluding hydrogens is 514 g/mol. The van der Waals surface area contributed by atoms with Crippen molar-refractivity contribution in [3.8, 4) is 0 Å². The number of oxime groups is 1.